The van der Waals surface area contributed by atoms with Crippen molar-refractivity contribution >= 4 is 11.9 Å². The van der Waals surface area contributed by atoms with E-state index in [-0.39, 0.29) is 6.15 Å². The van der Waals surface area contributed by atoms with Crippen molar-refractivity contribution in [3.8, 4) is 0 Å². The zero-order valence-corrected chi connectivity index (χ0v) is 5.14. The number of ether oxygens (including phenoxy) is 1. The molecule has 2 rings (SSSR count). The van der Waals surface area contributed by atoms with Crippen LogP contribution in [0.2, 0.25) is 0 Å². The Bertz CT molecular complexity index is 219. The van der Waals surface area contributed by atoms with Gasteiger partial charge in [0.05, 0.1) is 5.57 Å². The summed E-state index contributed by atoms with van der Waals surface area (Å²) >= 11 is 0. The van der Waals surface area contributed by atoms with E-state index in [2.05, 4.69) is 10.1 Å². The van der Waals surface area contributed by atoms with Crippen LogP contribution in [0.4, 0.5) is 0 Å². The number of nitrogens with one attached hydrogen (secondary N) is 1. The molecule has 0 atom stereocenters. The molecule has 0 saturated heterocycles. The Labute approximate surface area is 56.6 Å². The van der Waals surface area contributed by atoms with Crippen molar-refractivity contribution in [2.45, 2.75) is 0 Å². The van der Waals surface area contributed by atoms with Crippen molar-refractivity contribution in [1.29, 1.82) is 0 Å². The van der Waals surface area contributed by atoms with Crippen molar-refractivity contribution < 1.29 is 14.3 Å². The molecule has 0 aromatic carbocycles. The molecule has 0 spiro atoms. The van der Waals surface area contributed by atoms with Gasteiger partial charge in [0.15, 0.2) is 0 Å². The predicted molar refractivity (Wildman–Crippen MR) is 31.1 cm³/mol. The summed E-state index contributed by atoms with van der Waals surface area (Å²) in [6.45, 7) is 0.472. The van der Waals surface area contributed by atoms with E-state index in [0.29, 0.717) is 17.8 Å². The van der Waals surface area contributed by atoms with Gasteiger partial charge >= 0.3 is 11.9 Å². The molecule has 0 bridgehead atoms. The molecule has 54 valence electrons. The maximum absolute atomic E-state index is 10.5. The van der Waals surface area contributed by atoms with Crippen LogP contribution in [0, 0.1) is 0 Å². The molecule has 0 amide bonds. The van der Waals surface area contributed by atoms with Gasteiger partial charge in [0, 0.05) is 6.54 Å². The molecule has 0 saturated carbocycles. The quantitative estimate of drug-likeness (QED) is 0.337. The van der Waals surface area contributed by atoms with Crippen molar-refractivity contribution in [1.82, 2.24) is 11.5 Å². The van der Waals surface area contributed by atoms with Crippen LogP contribution >= 0.6 is 0 Å². The first-order valence-corrected chi connectivity index (χ1v) is 2.52. The molecule has 0 aromatic rings. The van der Waals surface area contributed by atoms with Gasteiger partial charge in [0.1, 0.15) is 5.70 Å². The van der Waals surface area contributed by atoms with E-state index in [0.717, 1.165) is 0 Å². The SMILES string of the molecule is N.O=C1OC(=O)C2=C1CN2. The van der Waals surface area contributed by atoms with Crippen LogP contribution in [0.3, 0.4) is 0 Å². The van der Waals surface area contributed by atoms with E-state index in [1.807, 2.05) is 0 Å². The van der Waals surface area contributed by atoms with Crippen LogP contribution in [0.15, 0.2) is 11.3 Å². The average molecular weight is 142 g/mol. The summed E-state index contributed by atoms with van der Waals surface area (Å²) in [5.41, 5.74) is 0.833. The molecule has 4 N–H and O–H groups in total. The third-order valence-corrected chi connectivity index (χ3v) is 1.38. The van der Waals surface area contributed by atoms with E-state index in [4.69, 9.17) is 0 Å². The number of hydrogen-bond acceptors (Lipinski definition) is 5. The molecule has 2 aliphatic rings. The fourth-order valence-corrected chi connectivity index (χ4v) is 0.832. The zero-order chi connectivity index (χ0) is 6.43. The van der Waals surface area contributed by atoms with Gasteiger partial charge in [0.25, 0.3) is 0 Å². The zero-order valence-electron chi connectivity index (χ0n) is 5.14. The van der Waals surface area contributed by atoms with Crippen LogP contribution in [-0.2, 0) is 14.3 Å². The highest BCUT2D eigenvalue weighted by Crippen LogP contribution is 2.20. The van der Waals surface area contributed by atoms with E-state index >= 15 is 0 Å². The second-order valence-corrected chi connectivity index (χ2v) is 1.88. The number of carbonyl (C=O) groups excluding carboxylic acids is 2. The average Bonchev–Trinajstić information content (AvgIpc) is 1.73. The Balaban J connectivity index is 0.000000500. The smallest absolute Gasteiger partial charge is 0.362 e. The Kier molecular flexibility index (Phi) is 1.22. The minimum atomic E-state index is -0.541. The maximum atomic E-state index is 10.5. The van der Waals surface area contributed by atoms with Crippen LogP contribution in [-0.4, -0.2) is 18.5 Å². The Morgan fingerprint density at radius 2 is 2.00 bits per heavy atom. The van der Waals surface area contributed by atoms with Crippen LogP contribution < -0.4 is 11.5 Å². The first-order chi connectivity index (χ1) is 4.29. The molecule has 5 heteroatoms. The normalized spacial score (nSPS) is 20.4. The summed E-state index contributed by atoms with van der Waals surface area (Å²) < 4.78 is 4.23. The van der Waals surface area contributed by atoms with E-state index < -0.39 is 11.9 Å². The molecule has 2 aliphatic heterocycles. The lowest BCUT2D eigenvalue weighted by molar-refractivity contribution is -0.150. The van der Waals surface area contributed by atoms with Gasteiger partial charge < -0.3 is 16.2 Å². The standard InChI is InChI=1S/C5H3NO3.H3N/c7-4-2-1-6-3(2)5(8)9-4;/h6H,1H2;1H3. The molecule has 0 aliphatic carbocycles. The fourth-order valence-electron chi connectivity index (χ4n) is 0.832. The number of cyclic esters (lactones) is 2. The van der Waals surface area contributed by atoms with Gasteiger partial charge in [0.2, 0.25) is 0 Å². The molecule has 0 unspecified atom stereocenters. The highest BCUT2D eigenvalue weighted by atomic mass is 16.6. The van der Waals surface area contributed by atoms with Gasteiger partial charge in [-0.2, -0.15) is 0 Å². The highest BCUT2D eigenvalue weighted by Gasteiger charge is 2.38. The van der Waals surface area contributed by atoms with Crippen molar-refractivity contribution in [3.05, 3.63) is 11.3 Å². The van der Waals surface area contributed by atoms with Gasteiger partial charge in [-0.3, -0.25) is 0 Å². The number of esters is 2. The molecule has 0 aromatic heterocycles. The summed E-state index contributed by atoms with van der Waals surface area (Å²) in [7, 11) is 0. The van der Waals surface area contributed by atoms with E-state index in [1.54, 1.807) is 0 Å². The molecule has 10 heavy (non-hydrogen) atoms. The third kappa shape index (κ3) is 0.548. The predicted octanol–water partition coefficient (Wildman–Crippen LogP) is -0.911. The lowest BCUT2D eigenvalue weighted by Crippen LogP contribution is -2.31. The molecule has 5 nitrogen and oxygen atoms in total. The first kappa shape index (κ1) is 6.76. The molecule has 2 heterocycles. The summed E-state index contributed by atoms with van der Waals surface area (Å²) in [6.07, 6.45) is 0. The van der Waals surface area contributed by atoms with Crippen molar-refractivity contribution in [2.24, 2.45) is 0 Å². The lowest BCUT2D eigenvalue weighted by Gasteiger charge is -2.12. The highest BCUT2D eigenvalue weighted by molar-refractivity contribution is 6.14. The van der Waals surface area contributed by atoms with Gasteiger partial charge in [-0.15, -0.1) is 0 Å². The summed E-state index contributed by atoms with van der Waals surface area (Å²) in [5.74, 6) is -1.03. The van der Waals surface area contributed by atoms with E-state index in [9.17, 15) is 9.59 Å². The fraction of sp³-hybridized carbons (Fsp3) is 0.200. The van der Waals surface area contributed by atoms with Gasteiger partial charge in [-0.05, 0) is 0 Å². The Morgan fingerprint density at radius 1 is 1.30 bits per heavy atom. The summed E-state index contributed by atoms with van der Waals surface area (Å²) in [5, 5.41) is 2.67. The third-order valence-electron chi connectivity index (χ3n) is 1.38. The molecule has 0 fully saturated rings. The monoisotopic (exact) mass is 142 g/mol. The van der Waals surface area contributed by atoms with Crippen molar-refractivity contribution in [2.75, 3.05) is 6.54 Å². The lowest BCUT2D eigenvalue weighted by atomic mass is 10.1. The summed E-state index contributed by atoms with van der Waals surface area (Å²) in [4.78, 5) is 21.0. The van der Waals surface area contributed by atoms with Crippen molar-refractivity contribution in [3.63, 3.8) is 0 Å². The van der Waals surface area contributed by atoms with Gasteiger partial charge in [-0.1, -0.05) is 0 Å². The second kappa shape index (κ2) is 1.81. The largest absolute Gasteiger partial charge is 0.385 e. The second-order valence-electron chi connectivity index (χ2n) is 1.88. The molecule has 0 radical (unpaired) electrons. The molecular formula is C5H6N2O3. The van der Waals surface area contributed by atoms with E-state index in [1.165, 1.54) is 0 Å². The minimum absolute atomic E-state index is 0. The number of hydrogen-bond donors (Lipinski definition) is 2. The van der Waals surface area contributed by atoms with Gasteiger partial charge in [-0.25, -0.2) is 9.59 Å². The minimum Gasteiger partial charge on any atom is -0.385 e. The first-order valence-electron chi connectivity index (χ1n) is 2.52. The maximum Gasteiger partial charge on any atom is 0.362 e. The topological polar surface area (TPSA) is 90.4 Å². The Hall–Kier alpha value is -1.36. The van der Waals surface area contributed by atoms with Crippen LogP contribution in [0.1, 0.15) is 0 Å². The number of rotatable bonds is 0. The summed E-state index contributed by atoms with van der Waals surface area (Å²) in [6, 6.07) is 0. The Morgan fingerprint density at radius 3 is 2.20 bits per heavy atom. The molecular weight excluding hydrogens is 136 g/mol. The van der Waals surface area contributed by atoms with Crippen LogP contribution in [0.25, 0.3) is 0 Å². The number of carbonyl (C=O) groups is 2. The van der Waals surface area contributed by atoms with Crippen LogP contribution in [0.5, 0.6) is 0 Å².